The number of fused-ring (bicyclic) bond motifs is 9. The first-order chi connectivity index (χ1) is 25.3. The van der Waals surface area contributed by atoms with Gasteiger partial charge in [-0.2, -0.15) is 0 Å². The van der Waals surface area contributed by atoms with Crippen molar-refractivity contribution in [2.75, 3.05) is 0 Å². The first-order valence-corrected chi connectivity index (χ1v) is 17.7. The lowest BCUT2D eigenvalue weighted by Gasteiger charge is -2.17. The molecule has 1 aromatic heterocycles. The van der Waals surface area contributed by atoms with Crippen LogP contribution in [0.4, 0.5) is 0 Å². The molecule has 0 aliphatic rings. The lowest BCUT2D eigenvalue weighted by molar-refractivity contribution is 0.669. The highest BCUT2D eigenvalue weighted by Crippen LogP contribution is 2.47. The van der Waals surface area contributed by atoms with Gasteiger partial charge in [-0.15, -0.1) is 0 Å². The fourth-order valence-corrected chi connectivity index (χ4v) is 9.04. The van der Waals surface area contributed by atoms with Crippen LogP contribution < -0.4 is 0 Å². The average Bonchev–Trinajstić information content (AvgIpc) is 3.55. The van der Waals surface area contributed by atoms with Gasteiger partial charge in [-0.05, 0) is 128 Å². The lowest BCUT2D eigenvalue weighted by atomic mass is 9.86. The van der Waals surface area contributed by atoms with Crippen molar-refractivity contribution in [2.45, 2.75) is 0 Å². The Balaban J connectivity index is 1.26. The molecular formula is C50H28O. The molecule has 1 heteroatoms. The highest BCUT2D eigenvalue weighted by Gasteiger charge is 2.21. The standard InChI is InChI=1S/C50H28O/c1-2-10-34-27-45-44(24-33(34)9-1)50-43(42-25-35-11-4-6-15-39(35)49-38-14-5-3-8-29(38)18-22-41(42)49)26-36(28-46(50)51-45)37-21-19-32-17-16-30-12-7-13-31-20-23-40(37)48(32)47(30)31/h1-28H. The zero-order chi connectivity index (χ0) is 33.2. The third kappa shape index (κ3) is 3.75. The van der Waals surface area contributed by atoms with Gasteiger partial charge in [0.15, 0.2) is 0 Å². The SMILES string of the molecule is c1ccc2cc3c(cc2c1)oc1cc(-c2ccc4ccc5cccc6ccc2c4c56)cc(-c2cc4ccccc4c4c2ccc2ccccc24)c13. The summed E-state index contributed by atoms with van der Waals surface area (Å²) in [5.41, 5.74) is 6.59. The zero-order valence-electron chi connectivity index (χ0n) is 27.6. The van der Waals surface area contributed by atoms with Crippen molar-refractivity contribution in [1.29, 1.82) is 0 Å². The van der Waals surface area contributed by atoms with Crippen molar-refractivity contribution >= 4 is 97.3 Å². The van der Waals surface area contributed by atoms with Gasteiger partial charge in [0.2, 0.25) is 0 Å². The molecule has 11 aromatic carbocycles. The normalized spacial score (nSPS) is 12.3. The van der Waals surface area contributed by atoms with E-state index in [1.54, 1.807) is 0 Å². The van der Waals surface area contributed by atoms with Crippen LogP contribution in [-0.2, 0) is 0 Å². The Morgan fingerprint density at radius 2 is 0.843 bits per heavy atom. The first-order valence-electron chi connectivity index (χ1n) is 17.7. The van der Waals surface area contributed by atoms with Crippen LogP contribution in [0.2, 0.25) is 0 Å². The summed E-state index contributed by atoms with van der Waals surface area (Å²) in [5, 5.41) is 20.0. The van der Waals surface area contributed by atoms with E-state index in [-0.39, 0.29) is 0 Å². The maximum Gasteiger partial charge on any atom is 0.136 e. The molecule has 0 bridgehead atoms. The van der Waals surface area contributed by atoms with Gasteiger partial charge in [0, 0.05) is 10.8 Å². The van der Waals surface area contributed by atoms with E-state index in [1.165, 1.54) is 92.1 Å². The van der Waals surface area contributed by atoms with Gasteiger partial charge in [-0.1, -0.05) is 140 Å². The molecule has 0 unspecified atom stereocenters. The summed E-state index contributed by atoms with van der Waals surface area (Å²) >= 11 is 0. The minimum Gasteiger partial charge on any atom is -0.456 e. The number of benzene rings is 11. The molecule has 12 aromatic rings. The Morgan fingerprint density at radius 3 is 1.65 bits per heavy atom. The second-order valence-corrected chi connectivity index (χ2v) is 14.0. The molecule has 0 spiro atoms. The van der Waals surface area contributed by atoms with Gasteiger partial charge < -0.3 is 4.42 Å². The van der Waals surface area contributed by atoms with E-state index >= 15 is 0 Å². The van der Waals surface area contributed by atoms with Gasteiger partial charge >= 0.3 is 0 Å². The molecule has 1 heterocycles. The van der Waals surface area contributed by atoms with Crippen molar-refractivity contribution < 1.29 is 4.42 Å². The minimum atomic E-state index is 0.903. The zero-order valence-corrected chi connectivity index (χ0v) is 27.6. The Bertz CT molecular complexity index is 3380. The molecule has 12 rings (SSSR count). The molecule has 0 N–H and O–H groups in total. The monoisotopic (exact) mass is 644 g/mol. The maximum atomic E-state index is 6.88. The van der Waals surface area contributed by atoms with Crippen molar-refractivity contribution in [3.63, 3.8) is 0 Å². The van der Waals surface area contributed by atoms with Crippen LogP contribution in [-0.4, -0.2) is 0 Å². The van der Waals surface area contributed by atoms with Gasteiger partial charge in [-0.25, -0.2) is 0 Å². The molecule has 0 saturated heterocycles. The summed E-state index contributed by atoms with van der Waals surface area (Å²) in [4.78, 5) is 0. The highest BCUT2D eigenvalue weighted by atomic mass is 16.3. The molecule has 0 aliphatic heterocycles. The van der Waals surface area contributed by atoms with Crippen molar-refractivity contribution in [1.82, 2.24) is 0 Å². The van der Waals surface area contributed by atoms with Gasteiger partial charge in [-0.3, -0.25) is 0 Å². The van der Waals surface area contributed by atoms with Crippen LogP contribution in [0.15, 0.2) is 174 Å². The van der Waals surface area contributed by atoms with Crippen molar-refractivity contribution in [3.8, 4) is 22.3 Å². The molecule has 0 amide bonds. The average molecular weight is 645 g/mol. The fraction of sp³-hybridized carbons (Fsp3) is 0. The second kappa shape index (κ2) is 9.94. The highest BCUT2D eigenvalue weighted by molar-refractivity contribution is 6.28. The van der Waals surface area contributed by atoms with Crippen molar-refractivity contribution in [3.05, 3.63) is 170 Å². The second-order valence-electron chi connectivity index (χ2n) is 14.0. The third-order valence-electron chi connectivity index (χ3n) is 11.3. The third-order valence-corrected chi connectivity index (χ3v) is 11.3. The number of hydrogen-bond donors (Lipinski definition) is 0. The quantitative estimate of drug-likeness (QED) is 0.171. The Labute approximate surface area is 292 Å². The van der Waals surface area contributed by atoms with E-state index in [9.17, 15) is 0 Å². The Morgan fingerprint density at radius 1 is 0.255 bits per heavy atom. The Kier molecular flexibility index (Phi) is 5.29. The van der Waals surface area contributed by atoms with E-state index in [0.717, 1.165) is 27.5 Å². The molecule has 51 heavy (non-hydrogen) atoms. The summed E-state index contributed by atoms with van der Waals surface area (Å²) in [7, 11) is 0. The van der Waals surface area contributed by atoms with Crippen LogP contribution in [0.5, 0.6) is 0 Å². The van der Waals surface area contributed by atoms with Crippen LogP contribution >= 0.6 is 0 Å². The van der Waals surface area contributed by atoms with Crippen molar-refractivity contribution in [2.24, 2.45) is 0 Å². The largest absolute Gasteiger partial charge is 0.456 e. The predicted molar refractivity (Wildman–Crippen MR) is 218 cm³/mol. The molecule has 1 nitrogen and oxygen atoms in total. The van der Waals surface area contributed by atoms with Crippen LogP contribution in [0, 0.1) is 0 Å². The molecular weight excluding hydrogens is 617 g/mol. The van der Waals surface area contributed by atoms with Gasteiger partial charge in [0.1, 0.15) is 11.2 Å². The summed E-state index contributed by atoms with van der Waals surface area (Å²) in [6.45, 7) is 0. The smallest absolute Gasteiger partial charge is 0.136 e. The molecule has 0 atom stereocenters. The summed E-state index contributed by atoms with van der Waals surface area (Å²) in [6.07, 6.45) is 0. The summed E-state index contributed by atoms with van der Waals surface area (Å²) < 4.78 is 6.88. The fourth-order valence-electron chi connectivity index (χ4n) is 9.04. The van der Waals surface area contributed by atoms with E-state index in [2.05, 4.69) is 170 Å². The Hall–Kier alpha value is -6.70. The van der Waals surface area contributed by atoms with E-state index < -0.39 is 0 Å². The number of furan rings is 1. The van der Waals surface area contributed by atoms with Gasteiger partial charge in [0.25, 0.3) is 0 Å². The van der Waals surface area contributed by atoms with E-state index in [4.69, 9.17) is 4.42 Å². The van der Waals surface area contributed by atoms with Gasteiger partial charge in [0.05, 0.1) is 0 Å². The van der Waals surface area contributed by atoms with E-state index in [0.29, 0.717) is 0 Å². The number of rotatable bonds is 2. The van der Waals surface area contributed by atoms with Crippen LogP contribution in [0.3, 0.4) is 0 Å². The predicted octanol–water partition coefficient (Wildman–Crippen LogP) is 14.4. The maximum absolute atomic E-state index is 6.88. The molecule has 0 aliphatic carbocycles. The molecule has 234 valence electrons. The van der Waals surface area contributed by atoms with Crippen LogP contribution in [0.1, 0.15) is 0 Å². The first kappa shape index (κ1) is 27.2. The lowest BCUT2D eigenvalue weighted by Crippen LogP contribution is -1.90. The molecule has 0 fully saturated rings. The minimum absolute atomic E-state index is 0.903. The summed E-state index contributed by atoms with van der Waals surface area (Å²) in [6, 6.07) is 62.7. The van der Waals surface area contributed by atoms with Crippen LogP contribution in [0.25, 0.3) is 120 Å². The molecule has 0 saturated carbocycles. The molecule has 0 radical (unpaired) electrons. The topological polar surface area (TPSA) is 13.1 Å². The summed E-state index contributed by atoms with van der Waals surface area (Å²) in [5.74, 6) is 0. The number of hydrogen-bond acceptors (Lipinski definition) is 1. The van der Waals surface area contributed by atoms with E-state index in [1.807, 2.05) is 0 Å².